The Balaban J connectivity index is 2.41. The predicted molar refractivity (Wildman–Crippen MR) is 88.9 cm³/mol. The Morgan fingerprint density at radius 3 is 2.25 bits per heavy atom. The molecule has 0 spiro atoms. The van der Waals surface area contributed by atoms with Gasteiger partial charge in [-0.1, -0.05) is 49.5 Å². The van der Waals surface area contributed by atoms with E-state index >= 15 is 0 Å². The Morgan fingerprint density at radius 2 is 1.85 bits per heavy atom. The molecule has 1 fully saturated rings. The van der Waals surface area contributed by atoms with Gasteiger partial charge in [-0.2, -0.15) is 0 Å². The molecule has 3 heteroatoms. The van der Waals surface area contributed by atoms with Crippen molar-refractivity contribution >= 4 is 23.2 Å². The van der Waals surface area contributed by atoms with Crippen molar-refractivity contribution < 1.29 is 0 Å². The zero-order chi connectivity index (χ0) is 14.9. The van der Waals surface area contributed by atoms with E-state index in [-0.39, 0.29) is 5.41 Å². The second-order valence-corrected chi connectivity index (χ2v) is 7.59. The largest absolute Gasteiger partial charge is 0.306 e. The third kappa shape index (κ3) is 3.00. The van der Waals surface area contributed by atoms with Crippen LogP contribution in [-0.4, -0.2) is 25.0 Å². The summed E-state index contributed by atoms with van der Waals surface area (Å²) in [6.07, 6.45) is 4.95. The number of hydrogen-bond donors (Lipinski definition) is 0. The molecular weight excluding hydrogens is 289 g/mol. The summed E-state index contributed by atoms with van der Waals surface area (Å²) in [7, 11) is 4.38. The van der Waals surface area contributed by atoms with Crippen LogP contribution in [0.15, 0.2) is 18.2 Å². The standard InChI is InChI=1S/C17H25Cl2N/c1-12(2)10-16(20(3)4)17(8-5-9-17)14-7-6-13(18)11-15(14)19/h6-7,11-12,16H,5,8-10H2,1-4H3/t16-/m1/s1. The van der Waals surface area contributed by atoms with E-state index in [4.69, 9.17) is 23.2 Å². The fraction of sp³-hybridized carbons (Fsp3) is 0.647. The molecule has 0 bridgehead atoms. The quantitative estimate of drug-likeness (QED) is 0.704. The average molecular weight is 314 g/mol. The third-order valence-corrected chi connectivity index (χ3v) is 5.22. The van der Waals surface area contributed by atoms with Crippen LogP contribution in [-0.2, 0) is 5.41 Å². The Hall–Kier alpha value is -0.240. The second-order valence-electron chi connectivity index (χ2n) is 6.74. The van der Waals surface area contributed by atoms with Gasteiger partial charge >= 0.3 is 0 Å². The molecule has 0 radical (unpaired) electrons. The van der Waals surface area contributed by atoms with Gasteiger partial charge in [0, 0.05) is 21.5 Å². The first kappa shape index (κ1) is 16.1. The van der Waals surface area contributed by atoms with Gasteiger partial charge in [0.05, 0.1) is 0 Å². The van der Waals surface area contributed by atoms with E-state index < -0.39 is 0 Å². The van der Waals surface area contributed by atoms with E-state index in [0.717, 1.165) is 10.0 Å². The van der Waals surface area contributed by atoms with Crippen molar-refractivity contribution in [1.29, 1.82) is 0 Å². The maximum Gasteiger partial charge on any atom is 0.0459 e. The first-order valence-corrected chi connectivity index (χ1v) is 8.24. The Kier molecular flexibility index (Phi) is 5.05. The molecule has 1 aliphatic carbocycles. The summed E-state index contributed by atoms with van der Waals surface area (Å²) >= 11 is 12.6. The molecule has 1 atom stereocenters. The molecule has 0 saturated heterocycles. The van der Waals surface area contributed by atoms with E-state index in [1.54, 1.807) is 0 Å². The van der Waals surface area contributed by atoms with Crippen LogP contribution in [0.1, 0.15) is 45.1 Å². The van der Waals surface area contributed by atoms with Gasteiger partial charge in [0.15, 0.2) is 0 Å². The van der Waals surface area contributed by atoms with Gasteiger partial charge in [-0.25, -0.2) is 0 Å². The average Bonchev–Trinajstić information content (AvgIpc) is 2.28. The molecule has 1 nitrogen and oxygen atoms in total. The Bertz CT molecular complexity index is 464. The van der Waals surface area contributed by atoms with Crippen LogP contribution < -0.4 is 0 Å². The van der Waals surface area contributed by atoms with Crippen molar-refractivity contribution in [2.45, 2.75) is 51.0 Å². The molecule has 0 aliphatic heterocycles. The smallest absolute Gasteiger partial charge is 0.0459 e. The minimum Gasteiger partial charge on any atom is -0.306 e. The zero-order valence-electron chi connectivity index (χ0n) is 12.9. The van der Waals surface area contributed by atoms with Gasteiger partial charge in [-0.15, -0.1) is 0 Å². The highest BCUT2D eigenvalue weighted by molar-refractivity contribution is 6.35. The van der Waals surface area contributed by atoms with Crippen molar-refractivity contribution in [3.8, 4) is 0 Å². The van der Waals surface area contributed by atoms with Crippen molar-refractivity contribution in [1.82, 2.24) is 4.90 Å². The van der Waals surface area contributed by atoms with E-state index in [0.29, 0.717) is 12.0 Å². The van der Waals surface area contributed by atoms with Gasteiger partial charge in [-0.3, -0.25) is 0 Å². The molecule has 1 aliphatic rings. The minimum atomic E-state index is 0.204. The van der Waals surface area contributed by atoms with Gasteiger partial charge in [-0.05, 0) is 57.0 Å². The molecule has 2 rings (SSSR count). The van der Waals surface area contributed by atoms with Gasteiger partial charge in [0.2, 0.25) is 0 Å². The molecule has 0 N–H and O–H groups in total. The lowest BCUT2D eigenvalue weighted by molar-refractivity contribution is 0.0809. The van der Waals surface area contributed by atoms with E-state index in [2.05, 4.69) is 38.9 Å². The van der Waals surface area contributed by atoms with Crippen LogP contribution >= 0.6 is 23.2 Å². The van der Waals surface area contributed by atoms with Crippen molar-refractivity contribution in [3.63, 3.8) is 0 Å². The van der Waals surface area contributed by atoms with E-state index in [9.17, 15) is 0 Å². The first-order valence-electron chi connectivity index (χ1n) is 7.49. The molecule has 0 unspecified atom stereocenters. The fourth-order valence-electron chi connectivity index (χ4n) is 3.61. The zero-order valence-corrected chi connectivity index (χ0v) is 14.4. The molecule has 20 heavy (non-hydrogen) atoms. The summed E-state index contributed by atoms with van der Waals surface area (Å²) in [5.41, 5.74) is 1.49. The molecule has 0 amide bonds. The van der Waals surface area contributed by atoms with Crippen LogP contribution in [0.25, 0.3) is 0 Å². The molecule has 0 heterocycles. The first-order chi connectivity index (χ1) is 9.36. The Morgan fingerprint density at radius 1 is 1.20 bits per heavy atom. The molecule has 1 aromatic rings. The maximum atomic E-state index is 6.51. The van der Waals surface area contributed by atoms with Gasteiger partial charge < -0.3 is 4.90 Å². The summed E-state index contributed by atoms with van der Waals surface area (Å²) in [5, 5.41) is 1.55. The third-order valence-electron chi connectivity index (χ3n) is 4.67. The summed E-state index contributed by atoms with van der Waals surface area (Å²) < 4.78 is 0. The molecule has 112 valence electrons. The highest BCUT2D eigenvalue weighted by Gasteiger charge is 2.47. The molecular formula is C17H25Cl2N. The van der Waals surface area contributed by atoms with Crippen molar-refractivity contribution in [3.05, 3.63) is 33.8 Å². The monoisotopic (exact) mass is 313 g/mol. The number of rotatable bonds is 5. The summed E-state index contributed by atoms with van der Waals surface area (Å²) in [5.74, 6) is 0.686. The predicted octanol–water partition coefficient (Wildman–Crippen LogP) is 5.39. The lowest BCUT2D eigenvalue weighted by Gasteiger charge is -2.51. The number of likely N-dealkylation sites (N-methyl/N-ethyl adjacent to an activating group) is 1. The molecule has 1 aromatic carbocycles. The summed E-state index contributed by atoms with van der Waals surface area (Å²) in [6.45, 7) is 4.60. The van der Waals surface area contributed by atoms with E-state index in [1.807, 2.05) is 12.1 Å². The van der Waals surface area contributed by atoms with Crippen LogP contribution in [0, 0.1) is 5.92 Å². The molecule has 1 saturated carbocycles. The van der Waals surface area contributed by atoms with Crippen molar-refractivity contribution in [2.24, 2.45) is 5.92 Å². The topological polar surface area (TPSA) is 3.24 Å². The minimum absolute atomic E-state index is 0.204. The Labute approximate surface area is 133 Å². The SMILES string of the molecule is CC(C)C[C@@H](N(C)C)C1(c2ccc(Cl)cc2Cl)CCC1. The van der Waals surface area contributed by atoms with Crippen LogP contribution in [0.3, 0.4) is 0 Å². The lowest BCUT2D eigenvalue weighted by atomic mass is 9.58. The van der Waals surface area contributed by atoms with Crippen LogP contribution in [0.4, 0.5) is 0 Å². The van der Waals surface area contributed by atoms with E-state index in [1.165, 1.54) is 31.2 Å². The highest BCUT2D eigenvalue weighted by Crippen LogP contribution is 2.51. The summed E-state index contributed by atoms with van der Waals surface area (Å²) in [6, 6.07) is 6.54. The lowest BCUT2D eigenvalue weighted by Crippen LogP contribution is -2.52. The second kappa shape index (κ2) is 6.25. The summed E-state index contributed by atoms with van der Waals surface area (Å²) in [4.78, 5) is 2.38. The highest BCUT2D eigenvalue weighted by atomic mass is 35.5. The number of benzene rings is 1. The van der Waals surface area contributed by atoms with Gasteiger partial charge in [0.25, 0.3) is 0 Å². The maximum absolute atomic E-state index is 6.51. The fourth-order valence-corrected chi connectivity index (χ4v) is 4.21. The van der Waals surface area contributed by atoms with Crippen LogP contribution in [0.5, 0.6) is 0 Å². The normalized spacial score (nSPS) is 19.2. The van der Waals surface area contributed by atoms with Crippen molar-refractivity contribution in [2.75, 3.05) is 14.1 Å². The number of hydrogen-bond acceptors (Lipinski definition) is 1. The molecule has 0 aromatic heterocycles. The van der Waals surface area contributed by atoms with Gasteiger partial charge in [0.1, 0.15) is 0 Å². The van der Waals surface area contributed by atoms with Crippen LogP contribution in [0.2, 0.25) is 10.0 Å². The number of halogens is 2. The number of nitrogens with zero attached hydrogens (tertiary/aromatic N) is 1.